The van der Waals surface area contributed by atoms with Crippen molar-refractivity contribution in [3.05, 3.63) is 35.4 Å². The highest BCUT2D eigenvalue weighted by atomic mass is 19.4. The van der Waals surface area contributed by atoms with E-state index in [2.05, 4.69) is 0 Å². The number of hydrogen-bond acceptors (Lipinski definition) is 2. The molecule has 1 aromatic rings. The van der Waals surface area contributed by atoms with Crippen LogP contribution in [-0.4, -0.2) is 48.3 Å². The SMILES string of the molecule is CN(C)C(=O)C1CCCN1C(=O)c1cccc(C(F)(F)F)c1. The number of carbonyl (C=O) groups excluding carboxylic acids is 2. The van der Waals surface area contributed by atoms with Crippen molar-refractivity contribution in [3.8, 4) is 0 Å². The lowest BCUT2D eigenvalue weighted by Gasteiger charge is -2.26. The molecule has 7 heteroatoms. The Labute approximate surface area is 126 Å². The van der Waals surface area contributed by atoms with Crippen LogP contribution in [0.2, 0.25) is 0 Å². The van der Waals surface area contributed by atoms with Crippen LogP contribution in [0.25, 0.3) is 0 Å². The second kappa shape index (κ2) is 5.98. The van der Waals surface area contributed by atoms with Crippen molar-refractivity contribution in [3.63, 3.8) is 0 Å². The van der Waals surface area contributed by atoms with E-state index in [0.29, 0.717) is 19.4 Å². The topological polar surface area (TPSA) is 40.6 Å². The Morgan fingerprint density at radius 1 is 1.27 bits per heavy atom. The summed E-state index contributed by atoms with van der Waals surface area (Å²) in [5.74, 6) is -0.748. The Bertz CT molecular complexity index is 584. The first-order valence-corrected chi connectivity index (χ1v) is 6.91. The zero-order chi connectivity index (χ0) is 16.5. The van der Waals surface area contributed by atoms with Gasteiger partial charge in [-0.15, -0.1) is 0 Å². The fourth-order valence-corrected chi connectivity index (χ4v) is 2.56. The van der Waals surface area contributed by atoms with Gasteiger partial charge in [0.2, 0.25) is 5.91 Å². The van der Waals surface area contributed by atoms with Gasteiger partial charge in [0.15, 0.2) is 0 Å². The van der Waals surface area contributed by atoms with Gasteiger partial charge in [-0.25, -0.2) is 0 Å². The van der Waals surface area contributed by atoms with E-state index in [4.69, 9.17) is 0 Å². The molecule has 1 aromatic carbocycles. The molecular weight excluding hydrogens is 297 g/mol. The molecule has 1 heterocycles. The summed E-state index contributed by atoms with van der Waals surface area (Å²) in [5, 5.41) is 0. The zero-order valence-corrected chi connectivity index (χ0v) is 12.4. The van der Waals surface area contributed by atoms with E-state index >= 15 is 0 Å². The van der Waals surface area contributed by atoms with Crippen molar-refractivity contribution < 1.29 is 22.8 Å². The fourth-order valence-electron chi connectivity index (χ4n) is 2.56. The van der Waals surface area contributed by atoms with Crippen LogP contribution in [0.5, 0.6) is 0 Å². The molecule has 0 saturated carbocycles. The first kappa shape index (κ1) is 16.3. The molecule has 22 heavy (non-hydrogen) atoms. The molecule has 0 bridgehead atoms. The van der Waals surface area contributed by atoms with E-state index in [1.165, 1.54) is 21.9 Å². The summed E-state index contributed by atoms with van der Waals surface area (Å²) in [6.45, 7) is 0.374. The molecule has 2 rings (SSSR count). The van der Waals surface area contributed by atoms with Crippen LogP contribution < -0.4 is 0 Å². The van der Waals surface area contributed by atoms with Gasteiger partial charge in [0.05, 0.1) is 5.56 Å². The van der Waals surface area contributed by atoms with Gasteiger partial charge in [0.25, 0.3) is 5.91 Å². The minimum absolute atomic E-state index is 0.0479. The van der Waals surface area contributed by atoms with Crippen molar-refractivity contribution in [1.29, 1.82) is 0 Å². The predicted molar refractivity (Wildman–Crippen MR) is 74.2 cm³/mol. The molecule has 0 spiro atoms. The molecule has 4 nitrogen and oxygen atoms in total. The van der Waals surface area contributed by atoms with Crippen molar-refractivity contribution in [2.24, 2.45) is 0 Å². The largest absolute Gasteiger partial charge is 0.416 e. The molecule has 0 aliphatic carbocycles. The Morgan fingerprint density at radius 3 is 2.55 bits per heavy atom. The standard InChI is InChI=1S/C15H17F3N2O2/c1-19(2)14(22)12-7-4-8-20(12)13(21)10-5-3-6-11(9-10)15(16,17)18/h3,5-6,9,12H,4,7-8H2,1-2H3. The molecule has 0 N–H and O–H groups in total. The van der Waals surface area contributed by atoms with E-state index < -0.39 is 23.7 Å². The molecule has 0 radical (unpaired) electrons. The predicted octanol–water partition coefficient (Wildman–Crippen LogP) is 2.40. The number of likely N-dealkylation sites (N-methyl/N-ethyl adjacent to an activating group) is 1. The van der Waals surface area contributed by atoms with Gasteiger partial charge in [-0.2, -0.15) is 13.2 Å². The lowest BCUT2D eigenvalue weighted by Crippen LogP contribution is -2.45. The number of hydrogen-bond donors (Lipinski definition) is 0. The number of amides is 2. The Kier molecular flexibility index (Phi) is 4.44. The average molecular weight is 314 g/mol. The van der Waals surface area contributed by atoms with Crippen molar-refractivity contribution in [2.45, 2.75) is 25.1 Å². The molecular formula is C15H17F3N2O2. The van der Waals surface area contributed by atoms with Crippen LogP contribution in [0.3, 0.4) is 0 Å². The van der Waals surface area contributed by atoms with Gasteiger partial charge < -0.3 is 9.80 Å². The van der Waals surface area contributed by atoms with Gasteiger partial charge in [-0.05, 0) is 31.0 Å². The van der Waals surface area contributed by atoms with Crippen LogP contribution in [-0.2, 0) is 11.0 Å². The van der Waals surface area contributed by atoms with Crippen LogP contribution in [0.4, 0.5) is 13.2 Å². The van der Waals surface area contributed by atoms with Gasteiger partial charge in [-0.1, -0.05) is 6.07 Å². The maximum Gasteiger partial charge on any atom is 0.416 e. The Balaban J connectivity index is 2.26. The third kappa shape index (κ3) is 3.23. The lowest BCUT2D eigenvalue weighted by molar-refractivity contribution is -0.137. The quantitative estimate of drug-likeness (QED) is 0.841. The van der Waals surface area contributed by atoms with E-state index in [0.717, 1.165) is 12.1 Å². The summed E-state index contributed by atoms with van der Waals surface area (Å²) in [6.07, 6.45) is -3.31. The summed E-state index contributed by atoms with van der Waals surface area (Å²) in [5.41, 5.74) is -0.915. The van der Waals surface area contributed by atoms with Crippen LogP contribution in [0, 0.1) is 0 Å². The monoisotopic (exact) mass is 314 g/mol. The van der Waals surface area contributed by atoms with Crippen molar-refractivity contribution in [1.82, 2.24) is 9.80 Å². The van der Waals surface area contributed by atoms with Gasteiger partial charge >= 0.3 is 6.18 Å². The smallest absolute Gasteiger partial charge is 0.347 e. The van der Waals surface area contributed by atoms with Gasteiger partial charge in [-0.3, -0.25) is 9.59 Å². The molecule has 1 saturated heterocycles. The van der Waals surface area contributed by atoms with E-state index in [9.17, 15) is 22.8 Å². The van der Waals surface area contributed by atoms with Crippen molar-refractivity contribution >= 4 is 11.8 Å². The maximum atomic E-state index is 12.7. The molecule has 1 unspecified atom stereocenters. The van der Waals surface area contributed by atoms with Crippen molar-refractivity contribution in [2.75, 3.05) is 20.6 Å². The van der Waals surface area contributed by atoms with Gasteiger partial charge in [0, 0.05) is 26.2 Å². The Morgan fingerprint density at radius 2 is 1.95 bits per heavy atom. The molecule has 1 aliphatic rings. The van der Waals surface area contributed by atoms with Gasteiger partial charge in [0.1, 0.15) is 6.04 Å². The van der Waals surface area contributed by atoms with E-state index in [1.807, 2.05) is 0 Å². The summed E-state index contributed by atoms with van der Waals surface area (Å²) < 4.78 is 38.2. The molecule has 2 amide bonds. The summed E-state index contributed by atoms with van der Waals surface area (Å²) in [7, 11) is 3.18. The number of rotatable bonds is 2. The number of halogens is 3. The van der Waals surface area contributed by atoms with E-state index in [-0.39, 0.29) is 11.5 Å². The van der Waals surface area contributed by atoms with Crippen LogP contribution >= 0.6 is 0 Å². The fraction of sp³-hybridized carbons (Fsp3) is 0.467. The maximum absolute atomic E-state index is 12.7. The second-order valence-electron chi connectivity index (χ2n) is 5.47. The first-order valence-electron chi connectivity index (χ1n) is 6.91. The number of likely N-dealkylation sites (tertiary alicyclic amines) is 1. The minimum atomic E-state index is -4.50. The highest BCUT2D eigenvalue weighted by Gasteiger charge is 2.36. The molecule has 0 aromatic heterocycles. The molecule has 120 valence electrons. The number of nitrogens with zero attached hydrogens (tertiary/aromatic N) is 2. The molecule has 1 aliphatic heterocycles. The summed E-state index contributed by atoms with van der Waals surface area (Å²) in [4.78, 5) is 27.3. The lowest BCUT2D eigenvalue weighted by atomic mass is 10.1. The Hall–Kier alpha value is -2.05. The van der Waals surface area contributed by atoms with Crippen LogP contribution in [0.15, 0.2) is 24.3 Å². The molecule has 1 atom stereocenters. The third-order valence-corrected chi connectivity index (χ3v) is 3.68. The second-order valence-corrected chi connectivity index (χ2v) is 5.47. The normalized spacial score (nSPS) is 18.4. The average Bonchev–Trinajstić information content (AvgIpc) is 2.94. The summed E-state index contributed by atoms with van der Waals surface area (Å²) >= 11 is 0. The number of carbonyl (C=O) groups is 2. The summed E-state index contributed by atoms with van der Waals surface area (Å²) in [6, 6.07) is 3.69. The molecule has 1 fully saturated rings. The highest BCUT2D eigenvalue weighted by molar-refractivity contribution is 5.98. The van der Waals surface area contributed by atoms with E-state index in [1.54, 1.807) is 14.1 Å². The minimum Gasteiger partial charge on any atom is -0.347 e. The highest BCUT2D eigenvalue weighted by Crippen LogP contribution is 2.30. The van der Waals surface area contributed by atoms with Crippen LogP contribution in [0.1, 0.15) is 28.8 Å². The zero-order valence-electron chi connectivity index (χ0n) is 12.4. The number of alkyl halides is 3. The third-order valence-electron chi connectivity index (χ3n) is 3.68. The first-order chi connectivity index (χ1) is 10.2. The number of benzene rings is 1.